The second kappa shape index (κ2) is 17.8. The molecule has 2 atom stereocenters. The summed E-state index contributed by atoms with van der Waals surface area (Å²) in [7, 11) is 0. The van der Waals surface area contributed by atoms with Gasteiger partial charge in [-0.25, -0.2) is 9.97 Å². The van der Waals surface area contributed by atoms with Crippen LogP contribution in [0.4, 0.5) is 0 Å². The first-order chi connectivity index (χ1) is 23.7. The van der Waals surface area contributed by atoms with E-state index in [2.05, 4.69) is 44.7 Å². The van der Waals surface area contributed by atoms with Crippen molar-refractivity contribution >= 4 is 46.3 Å². The molecule has 0 radical (unpaired) electrons. The standard InChI is InChI=1S/C36H43N7O4S2/c1-24(2)20-27-35-42-30(23-49-35)34(47)40-28(21-26-8-4-3-5-9-26)36-41-29(22-48-36)33(46)38-15-7-19-43(18-6-10-31(44)39-27)32(45)12-11-25-13-16-37-17-14-25/h3-5,8-9,13-14,16-17,22-24,27-28H,6-7,10-12,15,18-21H2,1-2H3,(H,38,46)(H,39,44)(H,40,47)/t27-,28-/m0/s1. The monoisotopic (exact) mass is 701 g/mol. The molecule has 1 aromatic carbocycles. The molecular weight excluding hydrogens is 659 g/mol. The van der Waals surface area contributed by atoms with E-state index in [-0.39, 0.29) is 53.4 Å². The minimum absolute atomic E-state index is 0.000654. The van der Waals surface area contributed by atoms with E-state index in [0.29, 0.717) is 68.2 Å². The SMILES string of the molecule is CC(C)C[C@@H]1NC(=O)CCCN(C(=O)CCc2ccncc2)CCCNC(=O)c2csc(n2)[C@H](Cc2ccccc2)NC(=O)c2csc1n2. The maximum atomic E-state index is 13.6. The van der Waals surface area contributed by atoms with E-state index in [0.717, 1.165) is 11.1 Å². The minimum atomic E-state index is -0.487. The molecule has 0 aliphatic carbocycles. The zero-order valence-corrected chi connectivity index (χ0v) is 29.5. The fraction of sp³-hybridized carbons (Fsp3) is 0.417. The number of nitrogens with zero attached hydrogens (tertiary/aromatic N) is 4. The lowest BCUT2D eigenvalue weighted by Crippen LogP contribution is -2.36. The van der Waals surface area contributed by atoms with Crippen molar-refractivity contribution in [1.29, 1.82) is 0 Å². The molecule has 4 bridgehead atoms. The molecule has 0 fully saturated rings. The van der Waals surface area contributed by atoms with E-state index in [1.807, 2.05) is 42.5 Å². The van der Waals surface area contributed by atoms with Crippen LogP contribution in [0.25, 0.3) is 0 Å². The van der Waals surface area contributed by atoms with Crippen LogP contribution in [0.15, 0.2) is 65.6 Å². The van der Waals surface area contributed by atoms with Gasteiger partial charge in [0, 0.05) is 55.6 Å². The van der Waals surface area contributed by atoms with Crippen LogP contribution in [0.5, 0.6) is 0 Å². The van der Waals surface area contributed by atoms with E-state index >= 15 is 0 Å². The first kappa shape index (κ1) is 35.8. The quantitative estimate of drug-likeness (QED) is 0.238. The summed E-state index contributed by atoms with van der Waals surface area (Å²) in [5, 5.41) is 13.9. The zero-order chi connectivity index (χ0) is 34.6. The molecule has 3 N–H and O–H groups in total. The van der Waals surface area contributed by atoms with E-state index in [1.54, 1.807) is 28.1 Å². The number of benzene rings is 1. The molecule has 4 aromatic rings. The molecule has 49 heavy (non-hydrogen) atoms. The Morgan fingerprint density at radius 1 is 0.857 bits per heavy atom. The van der Waals surface area contributed by atoms with Crippen molar-refractivity contribution in [3.05, 3.63) is 98.1 Å². The fourth-order valence-electron chi connectivity index (χ4n) is 5.66. The summed E-state index contributed by atoms with van der Waals surface area (Å²) in [5.41, 5.74) is 2.59. The predicted octanol–water partition coefficient (Wildman–Crippen LogP) is 5.29. The number of carbonyl (C=O) groups excluding carboxylic acids is 4. The number of hydrogen-bond acceptors (Lipinski definition) is 9. The first-order valence-corrected chi connectivity index (χ1v) is 18.5. The summed E-state index contributed by atoms with van der Waals surface area (Å²) in [4.78, 5) is 68.3. The predicted molar refractivity (Wildman–Crippen MR) is 190 cm³/mol. The molecule has 11 nitrogen and oxygen atoms in total. The molecule has 5 rings (SSSR count). The smallest absolute Gasteiger partial charge is 0.271 e. The Morgan fingerprint density at radius 3 is 2.24 bits per heavy atom. The van der Waals surface area contributed by atoms with Crippen LogP contribution in [-0.4, -0.2) is 63.1 Å². The molecular formula is C36H43N7O4S2. The highest BCUT2D eigenvalue weighted by molar-refractivity contribution is 7.10. The van der Waals surface area contributed by atoms with Crippen LogP contribution in [0.2, 0.25) is 0 Å². The van der Waals surface area contributed by atoms with Crippen molar-refractivity contribution in [3.63, 3.8) is 0 Å². The maximum Gasteiger partial charge on any atom is 0.271 e. The number of thiazole rings is 2. The maximum absolute atomic E-state index is 13.6. The lowest BCUT2D eigenvalue weighted by molar-refractivity contribution is -0.132. The lowest BCUT2D eigenvalue weighted by Gasteiger charge is -2.23. The molecule has 0 spiro atoms. The highest BCUT2D eigenvalue weighted by Gasteiger charge is 2.25. The number of aryl methyl sites for hydroxylation is 1. The van der Waals surface area contributed by atoms with Crippen LogP contribution < -0.4 is 16.0 Å². The summed E-state index contributed by atoms with van der Waals surface area (Å²) in [5.74, 6) is -0.512. The van der Waals surface area contributed by atoms with Crippen LogP contribution in [0, 0.1) is 5.92 Å². The van der Waals surface area contributed by atoms with Gasteiger partial charge >= 0.3 is 0 Å². The number of rotatable bonds is 7. The normalized spacial score (nSPS) is 18.3. The van der Waals surface area contributed by atoms with Crippen molar-refractivity contribution in [3.8, 4) is 0 Å². The Morgan fingerprint density at radius 2 is 1.53 bits per heavy atom. The molecule has 3 aromatic heterocycles. The number of hydrogen-bond donors (Lipinski definition) is 3. The molecule has 258 valence electrons. The highest BCUT2D eigenvalue weighted by Crippen LogP contribution is 2.27. The van der Waals surface area contributed by atoms with Crippen molar-refractivity contribution < 1.29 is 19.2 Å². The number of aromatic nitrogens is 3. The van der Waals surface area contributed by atoms with Crippen molar-refractivity contribution in [2.45, 2.75) is 70.9 Å². The molecule has 0 unspecified atom stereocenters. The fourth-order valence-corrected chi connectivity index (χ4v) is 7.37. The van der Waals surface area contributed by atoms with Crippen LogP contribution in [-0.2, 0) is 22.4 Å². The Hall–Kier alpha value is -4.49. The molecule has 13 heteroatoms. The Bertz CT molecular complexity index is 1690. The minimum Gasteiger partial charge on any atom is -0.351 e. The van der Waals surface area contributed by atoms with Gasteiger partial charge in [0.15, 0.2) is 0 Å². The Balaban J connectivity index is 1.37. The lowest BCUT2D eigenvalue weighted by atomic mass is 10.0. The number of nitrogens with one attached hydrogen (secondary N) is 3. The molecule has 0 saturated heterocycles. The highest BCUT2D eigenvalue weighted by atomic mass is 32.1. The average molecular weight is 702 g/mol. The molecule has 1 aliphatic heterocycles. The van der Waals surface area contributed by atoms with Gasteiger partial charge in [0.2, 0.25) is 11.8 Å². The second-order valence-corrected chi connectivity index (χ2v) is 14.3. The Kier molecular flexibility index (Phi) is 13.0. The van der Waals surface area contributed by atoms with Gasteiger partial charge in [-0.15, -0.1) is 22.7 Å². The molecule has 1 aliphatic rings. The summed E-state index contributed by atoms with van der Waals surface area (Å²) >= 11 is 2.67. The number of pyridine rings is 1. The third kappa shape index (κ3) is 10.8. The van der Waals surface area contributed by atoms with Crippen LogP contribution >= 0.6 is 22.7 Å². The zero-order valence-electron chi connectivity index (χ0n) is 27.9. The summed E-state index contributed by atoms with van der Waals surface area (Å²) in [6.45, 7) is 5.39. The van der Waals surface area contributed by atoms with Gasteiger partial charge in [0.25, 0.3) is 11.8 Å². The molecule has 0 saturated carbocycles. The van der Waals surface area contributed by atoms with Crippen LogP contribution in [0.3, 0.4) is 0 Å². The van der Waals surface area contributed by atoms with Gasteiger partial charge in [0.05, 0.1) is 12.1 Å². The van der Waals surface area contributed by atoms with E-state index < -0.39 is 6.04 Å². The van der Waals surface area contributed by atoms with Gasteiger partial charge in [-0.2, -0.15) is 0 Å². The first-order valence-electron chi connectivity index (χ1n) is 16.7. The third-order valence-electron chi connectivity index (χ3n) is 8.19. The third-order valence-corrected chi connectivity index (χ3v) is 10.1. The van der Waals surface area contributed by atoms with Crippen molar-refractivity contribution in [2.24, 2.45) is 5.92 Å². The number of carbonyl (C=O) groups is 4. The summed E-state index contributed by atoms with van der Waals surface area (Å²) in [6.07, 6.45) is 6.78. The van der Waals surface area contributed by atoms with Crippen LogP contribution in [0.1, 0.15) is 100 Å². The van der Waals surface area contributed by atoms with Gasteiger partial charge in [-0.05, 0) is 61.3 Å². The Labute approximate surface area is 295 Å². The van der Waals surface area contributed by atoms with Gasteiger partial charge in [-0.3, -0.25) is 24.2 Å². The van der Waals surface area contributed by atoms with Gasteiger partial charge in [-0.1, -0.05) is 44.2 Å². The van der Waals surface area contributed by atoms with E-state index in [4.69, 9.17) is 0 Å². The molecule has 4 amide bonds. The van der Waals surface area contributed by atoms with E-state index in [1.165, 1.54) is 22.7 Å². The summed E-state index contributed by atoms with van der Waals surface area (Å²) < 4.78 is 0. The van der Waals surface area contributed by atoms with Gasteiger partial charge < -0.3 is 20.9 Å². The average Bonchev–Trinajstić information content (AvgIpc) is 3.79. The number of amides is 4. The second-order valence-electron chi connectivity index (χ2n) is 12.6. The topological polar surface area (TPSA) is 146 Å². The van der Waals surface area contributed by atoms with E-state index in [9.17, 15) is 19.2 Å². The molecule has 4 heterocycles. The number of fused-ring (bicyclic) bond motifs is 4. The van der Waals surface area contributed by atoms with Crippen molar-refractivity contribution in [2.75, 3.05) is 19.6 Å². The summed E-state index contributed by atoms with van der Waals surface area (Å²) in [6, 6.07) is 12.8. The largest absolute Gasteiger partial charge is 0.351 e. The van der Waals surface area contributed by atoms with Gasteiger partial charge in [0.1, 0.15) is 21.4 Å². The van der Waals surface area contributed by atoms with Crippen molar-refractivity contribution in [1.82, 2.24) is 35.8 Å².